The van der Waals surface area contributed by atoms with Crippen molar-refractivity contribution in [1.82, 2.24) is 5.32 Å². The highest BCUT2D eigenvalue weighted by atomic mass is 19.4. The minimum atomic E-state index is -4.57. The molecule has 0 aliphatic heterocycles. The molecule has 1 amide bonds. The van der Waals surface area contributed by atoms with Gasteiger partial charge in [0, 0.05) is 6.42 Å². The third kappa shape index (κ3) is 5.79. The molecular weight excluding hydrogens is 395 g/mol. The highest BCUT2D eigenvalue weighted by molar-refractivity contribution is 5.88. The molecule has 0 unspecified atom stereocenters. The van der Waals surface area contributed by atoms with E-state index in [0.717, 1.165) is 12.1 Å². The van der Waals surface area contributed by atoms with Crippen LogP contribution in [0.3, 0.4) is 0 Å². The third-order valence-electron chi connectivity index (χ3n) is 4.06. The average Bonchev–Trinajstić information content (AvgIpc) is 2.66. The van der Waals surface area contributed by atoms with Crippen LogP contribution in [0.4, 0.5) is 13.2 Å². The van der Waals surface area contributed by atoms with E-state index in [1.807, 2.05) is 0 Å². The first-order valence-corrected chi connectivity index (χ1v) is 8.19. The molecular formula is C19H16F3NO6. The molecule has 0 saturated carbocycles. The van der Waals surface area contributed by atoms with E-state index in [-0.39, 0.29) is 17.5 Å². The molecule has 0 heterocycles. The van der Waals surface area contributed by atoms with E-state index in [2.05, 4.69) is 5.32 Å². The lowest BCUT2D eigenvalue weighted by atomic mass is 10.0. The SMILES string of the molecule is O=C(O)c1ccc(C[C@H](NC(=O)[C@H](O)c2ccc(C(F)(F)F)cc2)C(=O)O)cc1. The Kier molecular flexibility index (Phi) is 6.60. The number of amides is 1. The summed E-state index contributed by atoms with van der Waals surface area (Å²) in [6.45, 7) is 0. The summed E-state index contributed by atoms with van der Waals surface area (Å²) in [6.07, 6.45) is -6.63. The van der Waals surface area contributed by atoms with Gasteiger partial charge < -0.3 is 20.6 Å². The Morgan fingerprint density at radius 2 is 1.48 bits per heavy atom. The van der Waals surface area contributed by atoms with Crippen molar-refractivity contribution in [3.8, 4) is 0 Å². The summed E-state index contributed by atoms with van der Waals surface area (Å²) in [5.74, 6) is -3.65. The lowest BCUT2D eigenvalue weighted by Crippen LogP contribution is -2.44. The van der Waals surface area contributed by atoms with Crippen molar-refractivity contribution >= 4 is 17.8 Å². The van der Waals surface area contributed by atoms with E-state index < -0.39 is 41.7 Å². The van der Waals surface area contributed by atoms with Crippen LogP contribution < -0.4 is 5.32 Å². The Morgan fingerprint density at radius 3 is 1.93 bits per heavy atom. The predicted molar refractivity (Wildman–Crippen MR) is 93.1 cm³/mol. The summed E-state index contributed by atoms with van der Waals surface area (Å²) >= 11 is 0. The molecule has 0 aliphatic rings. The molecule has 0 radical (unpaired) electrons. The minimum Gasteiger partial charge on any atom is -0.480 e. The number of nitrogens with one attached hydrogen (secondary N) is 1. The van der Waals surface area contributed by atoms with Crippen molar-refractivity contribution in [2.24, 2.45) is 0 Å². The molecule has 0 spiro atoms. The van der Waals surface area contributed by atoms with Crippen molar-refractivity contribution in [1.29, 1.82) is 0 Å². The number of hydrogen-bond donors (Lipinski definition) is 4. The van der Waals surface area contributed by atoms with Crippen LogP contribution in [0.1, 0.15) is 33.2 Å². The molecule has 154 valence electrons. The summed E-state index contributed by atoms with van der Waals surface area (Å²) in [4.78, 5) is 34.4. The summed E-state index contributed by atoms with van der Waals surface area (Å²) in [7, 11) is 0. The van der Waals surface area contributed by atoms with Crippen molar-refractivity contribution in [3.63, 3.8) is 0 Å². The molecule has 0 fully saturated rings. The maximum atomic E-state index is 12.6. The number of carbonyl (C=O) groups excluding carboxylic acids is 1. The molecule has 2 aromatic rings. The number of aromatic carboxylic acids is 1. The maximum Gasteiger partial charge on any atom is 0.416 e. The van der Waals surface area contributed by atoms with E-state index in [0.29, 0.717) is 17.7 Å². The smallest absolute Gasteiger partial charge is 0.416 e. The Morgan fingerprint density at radius 1 is 0.931 bits per heavy atom. The highest BCUT2D eigenvalue weighted by Gasteiger charge is 2.31. The van der Waals surface area contributed by atoms with Crippen LogP contribution in [-0.4, -0.2) is 39.2 Å². The first kappa shape index (κ1) is 21.9. The van der Waals surface area contributed by atoms with Gasteiger partial charge in [-0.1, -0.05) is 24.3 Å². The number of halogens is 3. The van der Waals surface area contributed by atoms with Crippen molar-refractivity contribution < 1.29 is 42.9 Å². The molecule has 7 nitrogen and oxygen atoms in total. The summed E-state index contributed by atoms with van der Waals surface area (Å²) in [6, 6.07) is 7.12. The second-order valence-electron chi connectivity index (χ2n) is 6.13. The molecule has 0 aliphatic carbocycles. The Hall–Kier alpha value is -3.40. The topological polar surface area (TPSA) is 124 Å². The summed E-state index contributed by atoms with van der Waals surface area (Å²) < 4.78 is 37.7. The number of carboxylic acids is 2. The van der Waals surface area contributed by atoms with E-state index in [9.17, 15) is 37.8 Å². The van der Waals surface area contributed by atoms with Crippen LogP contribution in [0, 0.1) is 0 Å². The van der Waals surface area contributed by atoms with Gasteiger partial charge in [0.1, 0.15) is 6.04 Å². The summed E-state index contributed by atoms with van der Waals surface area (Å²) in [5, 5.41) is 30.3. The van der Waals surface area contributed by atoms with Gasteiger partial charge in [0.2, 0.25) is 0 Å². The van der Waals surface area contributed by atoms with E-state index in [4.69, 9.17) is 5.11 Å². The number of aliphatic carboxylic acids is 1. The lowest BCUT2D eigenvalue weighted by molar-refractivity contribution is -0.143. The van der Waals surface area contributed by atoms with Gasteiger partial charge in [-0.3, -0.25) is 4.79 Å². The van der Waals surface area contributed by atoms with Gasteiger partial charge in [0.15, 0.2) is 6.10 Å². The lowest BCUT2D eigenvalue weighted by Gasteiger charge is -2.18. The first-order valence-electron chi connectivity index (χ1n) is 8.19. The van der Waals surface area contributed by atoms with Gasteiger partial charge in [-0.2, -0.15) is 13.2 Å². The number of aliphatic hydroxyl groups is 1. The molecule has 0 bridgehead atoms. The number of carboxylic acid groups (broad SMARTS) is 2. The summed E-state index contributed by atoms with van der Waals surface area (Å²) in [5.41, 5.74) is -0.665. The Bertz CT molecular complexity index is 894. The number of rotatable bonds is 7. The van der Waals surface area contributed by atoms with Crippen LogP contribution in [0.5, 0.6) is 0 Å². The predicted octanol–water partition coefficient (Wildman–Crippen LogP) is 2.25. The molecule has 4 N–H and O–H groups in total. The molecule has 29 heavy (non-hydrogen) atoms. The number of aliphatic hydroxyl groups excluding tert-OH is 1. The van der Waals surface area contributed by atoms with Gasteiger partial charge in [0.05, 0.1) is 11.1 Å². The molecule has 0 aromatic heterocycles. The molecule has 2 aromatic carbocycles. The number of benzene rings is 2. The number of hydrogen-bond acceptors (Lipinski definition) is 4. The van der Waals surface area contributed by atoms with Crippen LogP contribution in [0.15, 0.2) is 48.5 Å². The fourth-order valence-corrected chi connectivity index (χ4v) is 2.48. The fourth-order valence-electron chi connectivity index (χ4n) is 2.48. The zero-order chi connectivity index (χ0) is 21.8. The minimum absolute atomic E-state index is 0.00221. The average molecular weight is 411 g/mol. The molecule has 2 atom stereocenters. The standard InChI is InChI=1S/C19H16F3NO6/c20-19(21,22)13-7-5-11(6-8-13)15(24)16(25)23-14(18(28)29)9-10-1-3-12(4-2-10)17(26)27/h1-8,14-15,24H,9H2,(H,23,25)(H,26,27)(H,28,29)/t14-,15+/m0/s1. The van der Waals surface area contributed by atoms with E-state index >= 15 is 0 Å². The molecule has 10 heteroatoms. The Balaban J connectivity index is 2.08. The van der Waals surface area contributed by atoms with Crippen LogP contribution in [-0.2, 0) is 22.2 Å². The largest absolute Gasteiger partial charge is 0.480 e. The van der Waals surface area contributed by atoms with Crippen LogP contribution in [0.25, 0.3) is 0 Å². The first-order chi connectivity index (χ1) is 13.5. The maximum absolute atomic E-state index is 12.6. The second kappa shape index (κ2) is 8.74. The quantitative estimate of drug-likeness (QED) is 0.554. The van der Waals surface area contributed by atoms with Crippen LogP contribution >= 0.6 is 0 Å². The van der Waals surface area contributed by atoms with Gasteiger partial charge in [0.25, 0.3) is 5.91 Å². The van der Waals surface area contributed by atoms with E-state index in [1.165, 1.54) is 24.3 Å². The Labute approximate surface area is 162 Å². The van der Waals surface area contributed by atoms with Crippen LogP contribution in [0.2, 0.25) is 0 Å². The monoisotopic (exact) mass is 411 g/mol. The normalized spacial score (nSPS) is 13.4. The van der Waals surface area contributed by atoms with Gasteiger partial charge in [-0.15, -0.1) is 0 Å². The van der Waals surface area contributed by atoms with E-state index in [1.54, 1.807) is 0 Å². The fraction of sp³-hybridized carbons (Fsp3) is 0.211. The third-order valence-corrected chi connectivity index (χ3v) is 4.06. The van der Waals surface area contributed by atoms with Crippen molar-refractivity contribution in [3.05, 3.63) is 70.8 Å². The zero-order valence-electron chi connectivity index (χ0n) is 14.7. The van der Waals surface area contributed by atoms with Gasteiger partial charge in [-0.25, -0.2) is 9.59 Å². The molecule has 0 saturated heterocycles. The number of alkyl halides is 3. The van der Waals surface area contributed by atoms with Crippen molar-refractivity contribution in [2.75, 3.05) is 0 Å². The second-order valence-corrected chi connectivity index (χ2v) is 6.13. The molecule has 2 rings (SSSR count). The zero-order valence-corrected chi connectivity index (χ0v) is 14.7. The van der Waals surface area contributed by atoms with Gasteiger partial charge >= 0.3 is 18.1 Å². The number of carbonyl (C=O) groups is 3. The van der Waals surface area contributed by atoms with Gasteiger partial charge in [-0.05, 0) is 35.4 Å². The van der Waals surface area contributed by atoms with Crippen molar-refractivity contribution in [2.45, 2.75) is 24.7 Å². The highest BCUT2D eigenvalue weighted by Crippen LogP contribution is 2.30.